The average molecular weight is 304 g/mol. The van der Waals surface area contributed by atoms with E-state index in [1.165, 1.54) is 6.26 Å². The van der Waals surface area contributed by atoms with E-state index in [1.807, 2.05) is 12.1 Å². The van der Waals surface area contributed by atoms with Gasteiger partial charge in [0.25, 0.3) is 5.91 Å². The summed E-state index contributed by atoms with van der Waals surface area (Å²) in [6, 6.07) is 10.4. The number of halogens is 1. The highest BCUT2D eigenvalue weighted by Crippen LogP contribution is 2.24. The Bertz CT molecular complexity index is 752. The molecule has 0 fully saturated rings. The molecule has 0 atom stereocenters. The van der Waals surface area contributed by atoms with Crippen molar-refractivity contribution in [3.05, 3.63) is 59.3 Å². The number of hydrogen-bond acceptors (Lipinski definition) is 5. The average Bonchev–Trinajstić information content (AvgIpc) is 3.17. The first kappa shape index (κ1) is 13.4. The zero-order valence-corrected chi connectivity index (χ0v) is 11.5. The molecule has 2 heterocycles. The first-order valence-electron chi connectivity index (χ1n) is 6.13. The molecule has 2 aromatic heterocycles. The maximum atomic E-state index is 11.7. The number of carbonyl (C=O) groups excluding carboxylic acids is 1. The Balaban J connectivity index is 1.69. The van der Waals surface area contributed by atoms with E-state index in [-0.39, 0.29) is 24.1 Å². The van der Waals surface area contributed by atoms with E-state index in [0.29, 0.717) is 16.4 Å². The third-order valence-electron chi connectivity index (χ3n) is 2.73. The summed E-state index contributed by atoms with van der Waals surface area (Å²) in [6.45, 7) is 0.108. The highest BCUT2D eigenvalue weighted by Gasteiger charge is 2.13. The van der Waals surface area contributed by atoms with Gasteiger partial charge in [-0.3, -0.25) is 4.79 Å². The molecule has 21 heavy (non-hydrogen) atoms. The van der Waals surface area contributed by atoms with Crippen molar-refractivity contribution < 1.29 is 13.7 Å². The fraction of sp³-hybridized carbons (Fsp3) is 0.0714. The van der Waals surface area contributed by atoms with Crippen LogP contribution in [0.3, 0.4) is 0 Å². The number of rotatable bonds is 4. The molecule has 0 spiro atoms. The highest BCUT2D eigenvalue weighted by atomic mass is 35.5. The third-order valence-corrected chi connectivity index (χ3v) is 3.06. The maximum Gasteiger partial charge on any atom is 0.287 e. The van der Waals surface area contributed by atoms with E-state index < -0.39 is 0 Å². The molecule has 0 saturated carbocycles. The fourth-order valence-electron chi connectivity index (χ4n) is 1.73. The number of carbonyl (C=O) groups is 1. The molecular formula is C14H10ClN3O3. The van der Waals surface area contributed by atoms with Crippen molar-refractivity contribution in [2.45, 2.75) is 6.54 Å². The van der Waals surface area contributed by atoms with Gasteiger partial charge in [0.15, 0.2) is 5.76 Å². The van der Waals surface area contributed by atoms with Crippen LogP contribution in [0.15, 0.2) is 51.6 Å². The predicted octanol–water partition coefficient (Wildman–Crippen LogP) is 2.91. The number of aromatic nitrogens is 2. The van der Waals surface area contributed by atoms with Gasteiger partial charge in [-0.25, -0.2) is 0 Å². The molecule has 7 heteroatoms. The van der Waals surface area contributed by atoms with Crippen LogP contribution in [0, 0.1) is 0 Å². The van der Waals surface area contributed by atoms with Crippen molar-refractivity contribution in [3.63, 3.8) is 0 Å². The van der Waals surface area contributed by atoms with Gasteiger partial charge < -0.3 is 14.3 Å². The number of hydrogen-bond donors (Lipinski definition) is 1. The van der Waals surface area contributed by atoms with Crippen LogP contribution in [0.4, 0.5) is 0 Å². The Kier molecular flexibility index (Phi) is 3.70. The summed E-state index contributed by atoms with van der Waals surface area (Å²) in [5, 5.41) is 6.99. The van der Waals surface area contributed by atoms with Gasteiger partial charge in [0.1, 0.15) is 0 Å². The van der Waals surface area contributed by atoms with Crippen LogP contribution in [0.25, 0.3) is 11.4 Å². The number of furan rings is 1. The van der Waals surface area contributed by atoms with E-state index in [9.17, 15) is 4.79 Å². The Morgan fingerprint density at radius 1 is 1.24 bits per heavy atom. The molecule has 1 N–H and O–H groups in total. The molecule has 3 rings (SSSR count). The van der Waals surface area contributed by atoms with Crippen molar-refractivity contribution >= 4 is 17.5 Å². The predicted molar refractivity (Wildman–Crippen MR) is 74.6 cm³/mol. The highest BCUT2D eigenvalue weighted by molar-refractivity contribution is 6.33. The van der Waals surface area contributed by atoms with Gasteiger partial charge in [0, 0.05) is 5.56 Å². The minimum absolute atomic E-state index is 0.108. The van der Waals surface area contributed by atoms with Crippen molar-refractivity contribution in [1.29, 1.82) is 0 Å². The number of nitrogens with one attached hydrogen (secondary N) is 1. The minimum Gasteiger partial charge on any atom is -0.459 e. The first-order valence-corrected chi connectivity index (χ1v) is 6.51. The lowest BCUT2D eigenvalue weighted by molar-refractivity contribution is 0.0918. The van der Waals surface area contributed by atoms with Crippen LogP contribution < -0.4 is 5.32 Å². The molecule has 6 nitrogen and oxygen atoms in total. The second kappa shape index (κ2) is 5.80. The largest absolute Gasteiger partial charge is 0.459 e. The molecule has 1 amide bonds. The van der Waals surface area contributed by atoms with E-state index >= 15 is 0 Å². The summed E-state index contributed by atoms with van der Waals surface area (Å²) in [5.41, 5.74) is 0.673. The lowest BCUT2D eigenvalue weighted by Gasteiger charge is -1.98. The number of amides is 1. The van der Waals surface area contributed by atoms with Gasteiger partial charge in [0.05, 0.1) is 17.8 Å². The topological polar surface area (TPSA) is 81.2 Å². The van der Waals surface area contributed by atoms with E-state index in [1.54, 1.807) is 24.3 Å². The normalized spacial score (nSPS) is 10.5. The third kappa shape index (κ3) is 2.95. The van der Waals surface area contributed by atoms with Gasteiger partial charge >= 0.3 is 0 Å². The zero-order valence-electron chi connectivity index (χ0n) is 10.7. The number of nitrogens with zero attached hydrogens (tertiary/aromatic N) is 2. The van der Waals surface area contributed by atoms with Crippen LogP contribution in [0.2, 0.25) is 5.02 Å². The van der Waals surface area contributed by atoms with E-state index in [0.717, 1.165) is 0 Å². The smallest absolute Gasteiger partial charge is 0.287 e. The quantitative estimate of drug-likeness (QED) is 0.801. The van der Waals surface area contributed by atoms with Crippen molar-refractivity contribution in [2.24, 2.45) is 0 Å². The van der Waals surface area contributed by atoms with Gasteiger partial charge in [-0.15, -0.1) is 0 Å². The Hall–Kier alpha value is -2.60. The molecule has 106 valence electrons. The standard InChI is InChI=1S/C14H10ClN3O3/c15-10-5-2-1-4-9(10)13-17-12(21-18-13)8-16-14(19)11-6-3-7-20-11/h1-7H,8H2,(H,16,19). The van der Waals surface area contributed by atoms with Crippen LogP contribution in [0.1, 0.15) is 16.4 Å². The zero-order chi connectivity index (χ0) is 14.7. The monoisotopic (exact) mass is 303 g/mol. The summed E-state index contributed by atoms with van der Waals surface area (Å²) in [6.07, 6.45) is 1.43. The maximum absolute atomic E-state index is 11.7. The van der Waals surface area contributed by atoms with Gasteiger partial charge in [-0.1, -0.05) is 28.9 Å². The Morgan fingerprint density at radius 2 is 2.10 bits per heavy atom. The lowest BCUT2D eigenvalue weighted by Crippen LogP contribution is -2.22. The molecule has 0 aliphatic rings. The summed E-state index contributed by atoms with van der Waals surface area (Å²) in [4.78, 5) is 15.9. The van der Waals surface area contributed by atoms with Crippen molar-refractivity contribution in [1.82, 2.24) is 15.5 Å². The number of benzene rings is 1. The van der Waals surface area contributed by atoms with Crippen LogP contribution in [-0.2, 0) is 6.54 Å². The Morgan fingerprint density at radius 3 is 2.86 bits per heavy atom. The van der Waals surface area contributed by atoms with Crippen LogP contribution >= 0.6 is 11.6 Å². The molecule has 0 aliphatic heterocycles. The fourth-order valence-corrected chi connectivity index (χ4v) is 1.95. The minimum atomic E-state index is -0.350. The van der Waals surface area contributed by atoms with Crippen molar-refractivity contribution in [2.75, 3.05) is 0 Å². The van der Waals surface area contributed by atoms with E-state index in [2.05, 4.69) is 15.5 Å². The molecule has 0 unspecified atom stereocenters. The first-order chi connectivity index (χ1) is 10.2. The summed E-state index contributed by atoms with van der Waals surface area (Å²) < 4.78 is 10.1. The molecular weight excluding hydrogens is 294 g/mol. The Labute approximate surface area is 124 Å². The lowest BCUT2D eigenvalue weighted by atomic mass is 10.2. The second-order valence-corrected chi connectivity index (χ2v) is 4.56. The molecule has 0 radical (unpaired) electrons. The van der Waals surface area contributed by atoms with Gasteiger partial charge in [-0.05, 0) is 24.3 Å². The summed E-state index contributed by atoms with van der Waals surface area (Å²) in [5.74, 6) is 0.533. The van der Waals surface area contributed by atoms with Crippen LogP contribution in [0.5, 0.6) is 0 Å². The van der Waals surface area contributed by atoms with Crippen LogP contribution in [-0.4, -0.2) is 16.0 Å². The molecule has 3 aromatic rings. The SMILES string of the molecule is O=C(NCc1nc(-c2ccccc2Cl)no1)c1ccco1. The molecule has 0 aliphatic carbocycles. The van der Waals surface area contributed by atoms with E-state index in [4.69, 9.17) is 20.5 Å². The van der Waals surface area contributed by atoms with Gasteiger partial charge in [-0.2, -0.15) is 4.98 Å². The molecule has 0 bridgehead atoms. The van der Waals surface area contributed by atoms with Crippen molar-refractivity contribution in [3.8, 4) is 11.4 Å². The molecule has 0 saturated heterocycles. The summed E-state index contributed by atoms with van der Waals surface area (Å²) in [7, 11) is 0. The molecule has 1 aromatic carbocycles. The second-order valence-electron chi connectivity index (χ2n) is 4.15. The summed E-state index contributed by atoms with van der Waals surface area (Å²) >= 11 is 6.06. The van der Waals surface area contributed by atoms with Gasteiger partial charge in [0.2, 0.25) is 11.7 Å².